The molecule has 14 heteroatoms. The standard InChI is InChI=1S/C22H14BrF7N2O4/c1-9-31-17(22(28,29)30)8-32(9)16-3-2-11(23)6-13(16)19(35)12(7-18(33)34)10-4-14(24)20(15(25)5-10)36-21(26)27/h2-6,8,12,21H,7H2,1H3,(H,33,34)/p-1. The van der Waals surface area contributed by atoms with Gasteiger partial charge in [-0.15, -0.1) is 0 Å². The number of benzene rings is 2. The maximum absolute atomic E-state index is 14.3. The van der Waals surface area contributed by atoms with E-state index in [1.807, 2.05) is 0 Å². The third-order valence-electron chi connectivity index (χ3n) is 4.97. The molecule has 0 spiro atoms. The lowest BCUT2D eigenvalue weighted by molar-refractivity contribution is -0.305. The van der Waals surface area contributed by atoms with Crippen LogP contribution in [-0.4, -0.2) is 27.9 Å². The van der Waals surface area contributed by atoms with Crippen LogP contribution in [0.2, 0.25) is 0 Å². The summed E-state index contributed by atoms with van der Waals surface area (Å²) in [6.07, 6.45) is -5.27. The van der Waals surface area contributed by atoms with Crippen LogP contribution >= 0.6 is 15.9 Å². The molecule has 0 bridgehead atoms. The van der Waals surface area contributed by atoms with Crippen molar-refractivity contribution in [2.24, 2.45) is 0 Å². The highest BCUT2D eigenvalue weighted by molar-refractivity contribution is 9.10. The molecule has 0 aliphatic carbocycles. The van der Waals surface area contributed by atoms with E-state index in [0.29, 0.717) is 18.3 Å². The fourth-order valence-corrected chi connectivity index (χ4v) is 3.83. The number of nitrogens with zero attached hydrogens (tertiary/aromatic N) is 2. The zero-order valence-corrected chi connectivity index (χ0v) is 19.5. The highest BCUT2D eigenvalue weighted by Gasteiger charge is 2.35. The molecule has 0 fully saturated rings. The molecule has 1 aromatic heterocycles. The van der Waals surface area contributed by atoms with Crippen molar-refractivity contribution in [2.45, 2.75) is 32.1 Å². The second-order valence-corrected chi connectivity index (χ2v) is 8.30. The van der Waals surface area contributed by atoms with Gasteiger partial charge in [0.15, 0.2) is 28.9 Å². The van der Waals surface area contributed by atoms with E-state index >= 15 is 0 Å². The summed E-state index contributed by atoms with van der Waals surface area (Å²) in [4.78, 5) is 28.3. The van der Waals surface area contributed by atoms with Crippen molar-refractivity contribution < 1.29 is 50.2 Å². The Kier molecular flexibility index (Phi) is 7.76. The first-order valence-corrected chi connectivity index (χ1v) is 10.6. The molecule has 3 aromatic rings. The van der Waals surface area contributed by atoms with Gasteiger partial charge in [0.05, 0.1) is 11.6 Å². The number of hydrogen-bond acceptors (Lipinski definition) is 5. The van der Waals surface area contributed by atoms with Gasteiger partial charge in [-0.2, -0.15) is 22.0 Å². The number of carbonyl (C=O) groups excluding carboxylic acids is 2. The Hall–Kier alpha value is -3.42. The number of Topliss-reactive ketones (excluding diaryl/α,β-unsaturated/α-hetero) is 1. The zero-order valence-electron chi connectivity index (χ0n) is 17.9. The number of imidazole rings is 1. The number of carboxylic acid groups (broad SMARTS) is 1. The topological polar surface area (TPSA) is 84.2 Å². The molecule has 0 N–H and O–H groups in total. The second-order valence-electron chi connectivity index (χ2n) is 7.39. The van der Waals surface area contributed by atoms with Gasteiger partial charge in [-0.25, -0.2) is 13.8 Å². The first kappa shape index (κ1) is 27.2. The Morgan fingerprint density at radius 3 is 2.25 bits per heavy atom. The van der Waals surface area contributed by atoms with Crippen LogP contribution in [0.3, 0.4) is 0 Å². The molecule has 1 unspecified atom stereocenters. The minimum absolute atomic E-state index is 0.134. The number of halogens is 8. The minimum Gasteiger partial charge on any atom is -0.550 e. The summed E-state index contributed by atoms with van der Waals surface area (Å²) in [5.74, 6) is -9.52. The number of aromatic nitrogens is 2. The fourth-order valence-electron chi connectivity index (χ4n) is 3.47. The average molecular weight is 582 g/mol. The predicted molar refractivity (Wildman–Crippen MR) is 111 cm³/mol. The molecular weight excluding hydrogens is 569 g/mol. The van der Waals surface area contributed by atoms with E-state index in [4.69, 9.17) is 0 Å². The molecule has 3 rings (SSSR count). The summed E-state index contributed by atoms with van der Waals surface area (Å²) in [7, 11) is 0. The second kappa shape index (κ2) is 10.3. The van der Waals surface area contributed by atoms with Crippen LogP contribution in [0.5, 0.6) is 5.75 Å². The van der Waals surface area contributed by atoms with E-state index in [9.17, 15) is 45.4 Å². The maximum Gasteiger partial charge on any atom is 0.434 e. The third kappa shape index (κ3) is 5.86. The Balaban J connectivity index is 2.16. The van der Waals surface area contributed by atoms with Gasteiger partial charge in [0.1, 0.15) is 5.82 Å². The number of ether oxygens (including phenoxy) is 1. The van der Waals surface area contributed by atoms with Gasteiger partial charge in [-0.05, 0) is 42.8 Å². The van der Waals surface area contributed by atoms with Crippen LogP contribution in [0.1, 0.15) is 39.8 Å². The highest BCUT2D eigenvalue weighted by Crippen LogP contribution is 2.35. The first-order chi connectivity index (χ1) is 16.7. The minimum atomic E-state index is -4.80. The van der Waals surface area contributed by atoms with Gasteiger partial charge in [-0.3, -0.25) is 4.79 Å². The number of aryl methyl sites for hydroxylation is 1. The van der Waals surface area contributed by atoms with Gasteiger partial charge in [0, 0.05) is 28.6 Å². The van der Waals surface area contributed by atoms with Crippen molar-refractivity contribution >= 4 is 27.7 Å². The molecule has 192 valence electrons. The number of rotatable bonds is 8. The fraction of sp³-hybridized carbons (Fsp3) is 0.227. The molecular formula is C22H13BrF7N2O4-. The Bertz CT molecular complexity index is 1300. The quantitative estimate of drug-likeness (QED) is 0.278. The molecule has 1 atom stereocenters. The van der Waals surface area contributed by atoms with Crippen LogP contribution in [0.15, 0.2) is 41.0 Å². The van der Waals surface area contributed by atoms with Gasteiger partial charge in [0.25, 0.3) is 0 Å². The number of alkyl halides is 5. The van der Waals surface area contributed by atoms with E-state index in [1.54, 1.807) is 0 Å². The Labute approximate surface area is 206 Å². The molecule has 6 nitrogen and oxygen atoms in total. The smallest absolute Gasteiger partial charge is 0.434 e. The molecule has 0 aliphatic heterocycles. The lowest BCUT2D eigenvalue weighted by Gasteiger charge is -2.20. The molecule has 0 aliphatic rings. The number of carbonyl (C=O) groups is 2. The highest BCUT2D eigenvalue weighted by atomic mass is 79.9. The summed E-state index contributed by atoms with van der Waals surface area (Å²) < 4.78 is 97.9. The van der Waals surface area contributed by atoms with Crippen molar-refractivity contribution in [3.63, 3.8) is 0 Å². The molecule has 36 heavy (non-hydrogen) atoms. The van der Waals surface area contributed by atoms with Crippen LogP contribution in [-0.2, 0) is 11.0 Å². The van der Waals surface area contributed by atoms with Gasteiger partial charge in [-0.1, -0.05) is 15.9 Å². The molecule has 0 saturated heterocycles. The van der Waals surface area contributed by atoms with Crippen molar-refractivity contribution in [1.82, 2.24) is 9.55 Å². The van der Waals surface area contributed by atoms with E-state index in [-0.39, 0.29) is 21.5 Å². The first-order valence-electron chi connectivity index (χ1n) is 9.80. The summed E-state index contributed by atoms with van der Waals surface area (Å²) in [6.45, 7) is -2.33. The lowest BCUT2D eigenvalue weighted by Crippen LogP contribution is -2.28. The van der Waals surface area contributed by atoms with Gasteiger partial charge in [0.2, 0.25) is 0 Å². The maximum atomic E-state index is 14.3. The van der Waals surface area contributed by atoms with Crippen LogP contribution in [0, 0.1) is 18.6 Å². The number of ketones is 1. The summed E-state index contributed by atoms with van der Waals surface area (Å²) >= 11 is 3.11. The number of aliphatic carboxylic acids is 1. The van der Waals surface area contributed by atoms with Crippen LogP contribution < -0.4 is 9.84 Å². The van der Waals surface area contributed by atoms with Crippen molar-refractivity contribution in [1.29, 1.82) is 0 Å². The van der Waals surface area contributed by atoms with Crippen LogP contribution in [0.25, 0.3) is 5.69 Å². The molecule has 1 heterocycles. The lowest BCUT2D eigenvalue weighted by atomic mass is 9.87. The largest absolute Gasteiger partial charge is 0.550 e. The van der Waals surface area contributed by atoms with Crippen molar-refractivity contribution in [3.05, 3.63) is 75.3 Å². The van der Waals surface area contributed by atoms with Crippen molar-refractivity contribution in [3.8, 4) is 11.4 Å². The normalized spacial score (nSPS) is 12.6. The zero-order chi connectivity index (χ0) is 26.9. The van der Waals surface area contributed by atoms with E-state index in [0.717, 1.165) is 4.57 Å². The van der Waals surface area contributed by atoms with Gasteiger partial charge >= 0.3 is 12.8 Å². The van der Waals surface area contributed by atoms with E-state index in [1.165, 1.54) is 25.1 Å². The monoisotopic (exact) mass is 581 g/mol. The molecule has 0 amide bonds. The number of carboxylic acids is 1. The predicted octanol–water partition coefficient (Wildman–Crippen LogP) is 4.95. The Morgan fingerprint density at radius 2 is 1.75 bits per heavy atom. The summed E-state index contributed by atoms with van der Waals surface area (Å²) in [5, 5.41) is 11.4. The summed E-state index contributed by atoms with van der Waals surface area (Å²) in [5.41, 5.74) is -2.26. The number of hydrogen-bond donors (Lipinski definition) is 0. The third-order valence-corrected chi connectivity index (χ3v) is 5.47. The van der Waals surface area contributed by atoms with E-state index < -0.39 is 65.5 Å². The molecule has 0 radical (unpaired) electrons. The van der Waals surface area contributed by atoms with E-state index in [2.05, 4.69) is 25.7 Å². The van der Waals surface area contributed by atoms with Crippen LogP contribution in [0.4, 0.5) is 30.7 Å². The SMILES string of the molecule is Cc1nc(C(F)(F)F)cn1-c1ccc(Br)cc1C(=O)C(CC(=O)[O-])c1cc(F)c(OC(F)F)c(F)c1. The molecule has 2 aromatic carbocycles. The van der Waals surface area contributed by atoms with Crippen molar-refractivity contribution in [2.75, 3.05) is 0 Å². The molecule has 0 saturated carbocycles. The summed E-state index contributed by atoms with van der Waals surface area (Å²) in [6, 6.07) is 4.72. The average Bonchev–Trinajstić information content (AvgIpc) is 3.15. The van der Waals surface area contributed by atoms with Gasteiger partial charge < -0.3 is 19.2 Å². The Morgan fingerprint density at radius 1 is 1.14 bits per heavy atom.